The normalized spacial score (nSPS) is 15.4. The lowest BCUT2D eigenvalue weighted by atomic mass is 10.1. The number of aliphatic hydroxyl groups is 1. The molecule has 4 nitrogen and oxygen atoms in total. The van der Waals surface area contributed by atoms with E-state index in [1.807, 2.05) is 0 Å². The molecule has 0 spiro atoms. The molecule has 0 aromatic heterocycles. The van der Waals surface area contributed by atoms with Crippen LogP contribution in [0.25, 0.3) is 0 Å². The number of phenols is 1. The minimum atomic E-state index is -0.543. The van der Waals surface area contributed by atoms with Crippen molar-refractivity contribution in [1.82, 2.24) is 0 Å². The average Bonchev–Trinajstić information content (AvgIpc) is 2.59. The minimum absolute atomic E-state index is 0.0974. The van der Waals surface area contributed by atoms with E-state index >= 15 is 0 Å². The molecule has 0 bridgehead atoms. The van der Waals surface area contributed by atoms with Crippen molar-refractivity contribution in [3.8, 4) is 17.2 Å². The van der Waals surface area contributed by atoms with Gasteiger partial charge in [-0.25, -0.2) is 0 Å². The van der Waals surface area contributed by atoms with Crippen molar-refractivity contribution >= 4 is 15.9 Å². The Morgan fingerprint density at radius 2 is 2.27 bits per heavy atom. The number of phenolic OH excluding ortho intramolecular Hbond substituents is 1. The van der Waals surface area contributed by atoms with Crippen molar-refractivity contribution < 1.29 is 19.7 Å². The number of aliphatic hydroxyl groups excluding tert-OH is 1. The molecule has 1 atom stereocenters. The van der Waals surface area contributed by atoms with E-state index in [1.165, 1.54) is 0 Å². The van der Waals surface area contributed by atoms with E-state index in [2.05, 4.69) is 15.9 Å². The van der Waals surface area contributed by atoms with Gasteiger partial charge in [0, 0.05) is 18.1 Å². The highest BCUT2D eigenvalue weighted by Crippen LogP contribution is 2.45. The summed E-state index contributed by atoms with van der Waals surface area (Å²) in [4.78, 5) is 0. The third-order valence-electron chi connectivity index (χ3n) is 2.18. The molecule has 1 unspecified atom stereocenters. The van der Waals surface area contributed by atoms with Gasteiger partial charge in [-0.15, -0.1) is 0 Å². The molecular weight excluding hydrogens is 264 g/mol. The fraction of sp³-hybridized carbons (Fsp3) is 0.400. The van der Waals surface area contributed by atoms with Gasteiger partial charge in [0.2, 0.25) is 6.79 Å². The molecule has 2 rings (SSSR count). The summed E-state index contributed by atoms with van der Waals surface area (Å²) in [5.41, 5.74) is 0.576. The maximum absolute atomic E-state index is 9.82. The van der Waals surface area contributed by atoms with Gasteiger partial charge < -0.3 is 19.7 Å². The molecule has 1 aliphatic heterocycles. The Bertz CT molecular complexity index is 389. The van der Waals surface area contributed by atoms with Gasteiger partial charge in [-0.1, -0.05) is 0 Å². The largest absolute Gasteiger partial charge is 0.506 e. The number of rotatable bonds is 2. The van der Waals surface area contributed by atoms with Crippen LogP contribution in [0.3, 0.4) is 0 Å². The summed E-state index contributed by atoms with van der Waals surface area (Å²) >= 11 is 3.22. The lowest BCUT2D eigenvalue weighted by Gasteiger charge is -2.11. The Morgan fingerprint density at radius 3 is 2.93 bits per heavy atom. The van der Waals surface area contributed by atoms with Crippen LogP contribution in [-0.4, -0.2) is 23.1 Å². The van der Waals surface area contributed by atoms with Crippen LogP contribution < -0.4 is 9.47 Å². The Kier molecular flexibility index (Phi) is 2.75. The van der Waals surface area contributed by atoms with E-state index in [1.54, 1.807) is 13.0 Å². The van der Waals surface area contributed by atoms with Gasteiger partial charge in [0.15, 0.2) is 11.5 Å². The van der Waals surface area contributed by atoms with Crippen LogP contribution in [0, 0.1) is 0 Å². The van der Waals surface area contributed by atoms with Crippen LogP contribution in [0.1, 0.15) is 12.5 Å². The Balaban J connectivity index is 2.50. The molecule has 5 heteroatoms. The average molecular weight is 275 g/mol. The first-order valence-electron chi connectivity index (χ1n) is 4.57. The highest BCUT2D eigenvalue weighted by molar-refractivity contribution is 9.10. The summed E-state index contributed by atoms with van der Waals surface area (Å²) in [6, 6.07) is 1.66. The zero-order valence-electron chi connectivity index (χ0n) is 8.16. The molecule has 1 aromatic rings. The molecule has 0 radical (unpaired) electrons. The fourth-order valence-electron chi connectivity index (χ4n) is 1.55. The van der Waals surface area contributed by atoms with Crippen LogP contribution in [0.4, 0.5) is 0 Å². The predicted octanol–water partition coefficient (Wildman–Crippen LogP) is 1.81. The summed E-state index contributed by atoms with van der Waals surface area (Å²) in [6.07, 6.45) is -0.213. The summed E-state index contributed by atoms with van der Waals surface area (Å²) in [5, 5.41) is 19.1. The van der Waals surface area contributed by atoms with Crippen molar-refractivity contribution in [2.24, 2.45) is 0 Å². The van der Waals surface area contributed by atoms with Gasteiger partial charge in [-0.05, 0) is 22.9 Å². The molecular formula is C10H11BrO4. The van der Waals surface area contributed by atoms with Gasteiger partial charge in [0.1, 0.15) is 5.75 Å². The number of benzene rings is 1. The van der Waals surface area contributed by atoms with E-state index in [9.17, 15) is 10.2 Å². The van der Waals surface area contributed by atoms with Crippen LogP contribution in [0.15, 0.2) is 10.5 Å². The van der Waals surface area contributed by atoms with Crippen LogP contribution in [-0.2, 0) is 6.42 Å². The second-order valence-corrected chi connectivity index (χ2v) is 4.33. The van der Waals surface area contributed by atoms with Crippen molar-refractivity contribution in [2.75, 3.05) is 6.79 Å². The monoisotopic (exact) mass is 274 g/mol. The lowest BCUT2D eigenvalue weighted by Crippen LogP contribution is -2.05. The Hall–Kier alpha value is -0.940. The quantitative estimate of drug-likeness (QED) is 0.864. The van der Waals surface area contributed by atoms with Crippen molar-refractivity contribution in [1.29, 1.82) is 0 Å². The van der Waals surface area contributed by atoms with E-state index < -0.39 is 6.10 Å². The zero-order valence-corrected chi connectivity index (χ0v) is 9.74. The molecule has 1 aliphatic rings. The first kappa shape index (κ1) is 10.6. The number of halogens is 1. The van der Waals surface area contributed by atoms with Gasteiger partial charge >= 0.3 is 0 Å². The van der Waals surface area contributed by atoms with Crippen molar-refractivity contribution in [3.05, 3.63) is 16.1 Å². The van der Waals surface area contributed by atoms with E-state index in [4.69, 9.17) is 9.47 Å². The van der Waals surface area contributed by atoms with Crippen molar-refractivity contribution in [3.63, 3.8) is 0 Å². The molecule has 0 fully saturated rings. The Morgan fingerprint density at radius 1 is 1.53 bits per heavy atom. The number of ether oxygens (including phenoxy) is 2. The molecule has 0 saturated carbocycles. The number of hydrogen-bond donors (Lipinski definition) is 2. The van der Waals surface area contributed by atoms with Gasteiger partial charge in [-0.2, -0.15) is 0 Å². The minimum Gasteiger partial charge on any atom is -0.506 e. The predicted molar refractivity (Wildman–Crippen MR) is 57.3 cm³/mol. The van der Waals surface area contributed by atoms with Crippen molar-refractivity contribution in [2.45, 2.75) is 19.4 Å². The van der Waals surface area contributed by atoms with Crippen LogP contribution >= 0.6 is 15.9 Å². The SMILES string of the molecule is CC(O)Cc1c(O)c(Br)cc2c1OCO2. The first-order valence-corrected chi connectivity index (χ1v) is 5.37. The Labute approximate surface area is 95.6 Å². The maximum Gasteiger partial charge on any atom is 0.231 e. The molecule has 82 valence electrons. The molecule has 0 aliphatic carbocycles. The molecule has 15 heavy (non-hydrogen) atoms. The number of aromatic hydroxyl groups is 1. The highest BCUT2D eigenvalue weighted by atomic mass is 79.9. The highest BCUT2D eigenvalue weighted by Gasteiger charge is 2.24. The van der Waals surface area contributed by atoms with Gasteiger partial charge in [0.05, 0.1) is 10.6 Å². The molecule has 2 N–H and O–H groups in total. The van der Waals surface area contributed by atoms with E-state index in [0.29, 0.717) is 28.0 Å². The first-order chi connectivity index (χ1) is 7.09. The molecule has 0 amide bonds. The second kappa shape index (κ2) is 3.90. The summed E-state index contributed by atoms with van der Waals surface area (Å²) in [5.74, 6) is 1.21. The molecule has 0 saturated heterocycles. The zero-order chi connectivity index (χ0) is 11.0. The van der Waals surface area contributed by atoms with Crippen LogP contribution in [0.2, 0.25) is 0 Å². The smallest absolute Gasteiger partial charge is 0.231 e. The summed E-state index contributed by atoms with van der Waals surface area (Å²) in [7, 11) is 0. The fourth-order valence-corrected chi connectivity index (χ4v) is 2.00. The second-order valence-electron chi connectivity index (χ2n) is 3.47. The molecule has 1 aromatic carbocycles. The summed E-state index contributed by atoms with van der Waals surface area (Å²) in [6.45, 7) is 1.81. The van der Waals surface area contributed by atoms with Crippen LogP contribution in [0.5, 0.6) is 17.2 Å². The topological polar surface area (TPSA) is 58.9 Å². The van der Waals surface area contributed by atoms with E-state index in [-0.39, 0.29) is 12.5 Å². The maximum atomic E-state index is 9.82. The lowest BCUT2D eigenvalue weighted by molar-refractivity contribution is 0.169. The summed E-state index contributed by atoms with van der Waals surface area (Å²) < 4.78 is 11.0. The third-order valence-corrected chi connectivity index (χ3v) is 2.79. The standard InChI is InChI=1S/C10H11BrO4/c1-5(12)2-6-9(13)7(11)3-8-10(6)15-4-14-8/h3,5,12-13H,2,4H2,1H3. The third kappa shape index (κ3) is 1.89. The number of hydrogen-bond acceptors (Lipinski definition) is 4. The van der Waals surface area contributed by atoms with Gasteiger partial charge in [0.25, 0.3) is 0 Å². The number of fused-ring (bicyclic) bond motifs is 1. The van der Waals surface area contributed by atoms with E-state index in [0.717, 1.165) is 0 Å². The van der Waals surface area contributed by atoms with Gasteiger partial charge in [-0.3, -0.25) is 0 Å². The molecule has 1 heterocycles.